The average molecular weight is 399 g/mol. The second-order valence-electron chi connectivity index (χ2n) is 7.21. The molecular formula is C22H31NaO3S. The van der Waals surface area contributed by atoms with E-state index < -0.39 is 10.1 Å². The van der Waals surface area contributed by atoms with Gasteiger partial charge in [0.25, 0.3) is 0 Å². The first-order valence-electron chi connectivity index (χ1n) is 9.97. The number of hydrogen-bond donors (Lipinski definition) is 0. The van der Waals surface area contributed by atoms with Crippen LogP contribution in [0.15, 0.2) is 35.2 Å². The van der Waals surface area contributed by atoms with E-state index in [1.165, 1.54) is 31.2 Å². The molecule has 0 N–H and O–H groups in total. The Balaban J connectivity index is 0.00000364. The molecule has 144 valence electrons. The third kappa shape index (κ3) is 7.86. The van der Waals surface area contributed by atoms with Crippen molar-refractivity contribution in [2.24, 2.45) is 0 Å². The quantitative estimate of drug-likeness (QED) is 0.332. The maximum absolute atomic E-state index is 11.6. The van der Waals surface area contributed by atoms with Gasteiger partial charge in [-0.15, -0.1) is 0 Å². The molecule has 0 bridgehead atoms. The van der Waals surface area contributed by atoms with Gasteiger partial charge < -0.3 is 4.55 Å². The first kappa shape index (κ1) is 24.6. The Labute approximate surface area is 187 Å². The van der Waals surface area contributed by atoms with Gasteiger partial charge in [0.05, 0.1) is 4.90 Å². The van der Waals surface area contributed by atoms with Crippen molar-refractivity contribution in [1.29, 1.82) is 0 Å². The number of hydrogen-bond acceptors (Lipinski definition) is 3. The molecule has 0 spiro atoms. The first-order chi connectivity index (χ1) is 12.5. The van der Waals surface area contributed by atoms with Gasteiger partial charge >= 0.3 is 29.6 Å². The van der Waals surface area contributed by atoms with E-state index in [9.17, 15) is 13.0 Å². The van der Waals surface area contributed by atoms with E-state index in [2.05, 4.69) is 32.0 Å². The molecule has 5 heteroatoms. The topological polar surface area (TPSA) is 57.2 Å². The fraction of sp³-hybridized carbons (Fsp3) is 0.545. The van der Waals surface area contributed by atoms with Crippen LogP contribution < -0.4 is 29.6 Å². The molecule has 0 heterocycles. The Morgan fingerprint density at radius 3 is 2.04 bits per heavy atom. The van der Waals surface area contributed by atoms with Crippen molar-refractivity contribution in [1.82, 2.24) is 0 Å². The molecule has 2 rings (SSSR count). The van der Waals surface area contributed by atoms with E-state index in [0.29, 0.717) is 0 Å². The van der Waals surface area contributed by atoms with Crippen molar-refractivity contribution in [3.63, 3.8) is 0 Å². The molecule has 0 saturated heterocycles. The van der Waals surface area contributed by atoms with E-state index >= 15 is 0 Å². The maximum Gasteiger partial charge on any atom is 1.00 e. The Bertz CT molecular complexity index is 816. The minimum atomic E-state index is -4.44. The van der Waals surface area contributed by atoms with E-state index in [-0.39, 0.29) is 34.5 Å². The van der Waals surface area contributed by atoms with Gasteiger partial charge in [0.2, 0.25) is 0 Å². The van der Waals surface area contributed by atoms with Gasteiger partial charge in [-0.25, -0.2) is 8.42 Å². The molecule has 0 amide bonds. The van der Waals surface area contributed by atoms with Crippen LogP contribution in [0.25, 0.3) is 10.8 Å². The summed E-state index contributed by atoms with van der Waals surface area (Å²) in [4.78, 5) is -0.0985. The van der Waals surface area contributed by atoms with Crippen molar-refractivity contribution in [2.45, 2.75) is 83.0 Å². The molecule has 0 saturated carbocycles. The second-order valence-corrected chi connectivity index (χ2v) is 8.59. The number of rotatable bonds is 11. The Kier molecular flexibility index (Phi) is 11.2. The Hall–Kier alpha value is -0.390. The molecule has 0 aliphatic rings. The Morgan fingerprint density at radius 2 is 1.44 bits per heavy atom. The normalized spacial score (nSPS) is 11.5. The van der Waals surface area contributed by atoms with Crippen molar-refractivity contribution >= 4 is 20.9 Å². The molecule has 0 atom stereocenters. The summed E-state index contributed by atoms with van der Waals surface area (Å²) in [5.74, 6) is 0. The summed E-state index contributed by atoms with van der Waals surface area (Å²) in [6.45, 7) is 4.37. The van der Waals surface area contributed by atoms with Crippen LogP contribution in [0.4, 0.5) is 0 Å². The average Bonchev–Trinajstić information content (AvgIpc) is 2.61. The third-order valence-electron chi connectivity index (χ3n) is 4.98. The molecule has 0 unspecified atom stereocenters. The van der Waals surface area contributed by atoms with Crippen LogP contribution >= 0.6 is 0 Å². The zero-order valence-electron chi connectivity index (χ0n) is 17.1. The van der Waals surface area contributed by atoms with E-state index in [1.807, 2.05) is 0 Å². The molecule has 2 aromatic carbocycles. The fourth-order valence-corrected chi connectivity index (χ4v) is 4.03. The molecule has 0 fully saturated rings. The van der Waals surface area contributed by atoms with Crippen LogP contribution in [-0.2, 0) is 23.0 Å². The van der Waals surface area contributed by atoms with Gasteiger partial charge in [0.15, 0.2) is 0 Å². The van der Waals surface area contributed by atoms with E-state index in [1.54, 1.807) is 12.1 Å². The summed E-state index contributed by atoms with van der Waals surface area (Å²) in [7, 11) is -4.44. The monoisotopic (exact) mass is 398 g/mol. The minimum Gasteiger partial charge on any atom is -0.744 e. The predicted octanol–water partition coefficient (Wildman–Crippen LogP) is 2.99. The predicted molar refractivity (Wildman–Crippen MR) is 108 cm³/mol. The maximum atomic E-state index is 11.6. The smallest absolute Gasteiger partial charge is 0.744 e. The first-order valence-corrected chi connectivity index (χ1v) is 11.4. The van der Waals surface area contributed by atoms with Crippen molar-refractivity contribution in [2.75, 3.05) is 0 Å². The molecule has 3 nitrogen and oxygen atoms in total. The van der Waals surface area contributed by atoms with Crippen LogP contribution in [0.2, 0.25) is 0 Å². The van der Waals surface area contributed by atoms with Crippen molar-refractivity contribution < 1.29 is 42.5 Å². The van der Waals surface area contributed by atoms with E-state index in [0.717, 1.165) is 54.9 Å². The zero-order valence-corrected chi connectivity index (χ0v) is 19.9. The van der Waals surface area contributed by atoms with Crippen LogP contribution in [0, 0.1) is 0 Å². The second kappa shape index (κ2) is 12.2. The number of aryl methyl sites for hydroxylation is 2. The molecule has 0 aliphatic carbocycles. The third-order valence-corrected chi connectivity index (χ3v) is 5.80. The van der Waals surface area contributed by atoms with Gasteiger partial charge in [-0.3, -0.25) is 0 Å². The molecule has 27 heavy (non-hydrogen) atoms. The van der Waals surface area contributed by atoms with Gasteiger partial charge in [-0.2, -0.15) is 0 Å². The molecule has 2 aromatic rings. The Morgan fingerprint density at radius 1 is 0.815 bits per heavy atom. The van der Waals surface area contributed by atoms with Gasteiger partial charge in [0.1, 0.15) is 10.1 Å². The summed E-state index contributed by atoms with van der Waals surface area (Å²) in [5.41, 5.74) is 2.19. The van der Waals surface area contributed by atoms with E-state index in [4.69, 9.17) is 0 Å². The van der Waals surface area contributed by atoms with Gasteiger partial charge in [-0.1, -0.05) is 70.6 Å². The molecule has 0 aromatic heterocycles. The summed E-state index contributed by atoms with van der Waals surface area (Å²) in [6.07, 6.45) is 11.1. The summed E-state index contributed by atoms with van der Waals surface area (Å²) >= 11 is 0. The number of unbranched alkanes of at least 4 members (excludes halogenated alkanes) is 6. The van der Waals surface area contributed by atoms with Crippen LogP contribution in [0.5, 0.6) is 0 Å². The van der Waals surface area contributed by atoms with Crippen molar-refractivity contribution in [3.05, 3.63) is 41.5 Å². The summed E-state index contributed by atoms with van der Waals surface area (Å²) in [5, 5.41) is 1.95. The van der Waals surface area contributed by atoms with Crippen LogP contribution in [0.3, 0.4) is 0 Å². The molecule has 0 aliphatic heterocycles. The fourth-order valence-electron chi connectivity index (χ4n) is 3.47. The van der Waals surface area contributed by atoms with Crippen LogP contribution in [-0.4, -0.2) is 13.0 Å². The zero-order chi connectivity index (χ0) is 19.0. The summed E-state index contributed by atoms with van der Waals surface area (Å²) < 4.78 is 34.7. The number of benzene rings is 2. The SMILES string of the molecule is CCCCCCc1ccc2c(CCCCCC)cc(S(=O)(=O)[O-])cc2c1.[Na+]. The van der Waals surface area contributed by atoms with Gasteiger partial charge in [-0.05, 0) is 59.7 Å². The largest absolute Gasteiger partial charge is 1.00 e. The minimum absolute atomic E-state index is 0. The molecular weight excluding hydrogens is 367 g/mol. The molecule has 0 radical (unpaired) electrons. The summed E-state index contributed by atoms with van der Waals surface area (Å²) in [6, 6.07) is 9.43. The van der Waals surface area contributed by atoms with Gasteiger partial charge in [0, 0.05) is 0 Å². The number of fused-ring (bicyclic) bond motifs is 1. The van der Waals surface area contributed by atoms with Crippen molar-refractivity contribution in [3.8, 4) is 0 Å². The standard InChI is InChI=1S/C22H32O3S.Na/c1-3-5-7-9-11-18-13-14-22-19(12-10-8-6-4-2)16-21(26(23,24)25)17-20(22)15-18;/h13-17H,3-12H2,1-2H3,(H,23,24,25);/q;+1/p-1. The van der Waals surface area contributed by atoms with Crippen LogP contribution in [0.1, 0.15) is 76.3 Å².